The van der Waals surface area contributed by atoms with E-state index in [0.29, 0.717) is 12.1 Å². The number of nitrogens with zero attached hydrogens (tertiary/aromatic N) is 2. The van der Waals surface area contributed by atoms with Crippen LogP contribution in [0.5, 0.6) is 0 Å². The smallest absolute Gasteiger partial charge is 0.299 e. The molecule has 1 aromatic carbocycles. The van der Waals surface area contributed by atoms with Crippen molar-refractivity contribution in [2.45, 2.75) is 27.3 Å². The SMILES string of the molecule is Cc1cncc(CN2C(=O)C(=O)c3cc(C)cc(C)c32)c1. The number of hydrogen-bond acceptors (Lipinski definition) is 3. The molecule has 0 radical (unpaired) electrons. The van der Waals surface area contributed by atoms with Crippen molar-refractivity contribution in [2.75, 3.05) is 4.90 Å². The van der Waals surface area contributed by atoms with Gasteiger partial charge in [-0.1, -0.05) is 12.1 Å². The second-order valence-electron chi connectivity index (χ2n) is 5.57. The van der Waals surface area contributed by atoms with Crippen molar-refractivity contribution in [1.29, 1.82) is 0 Å². The summed E-state index contributed by atoms with van der Waals surface area (Å²) in [6.07, 6.45) is 3.50. The number of Topliss-reactive ketones (excluding diaryl/α,β-unsaturated/α-hetero) is 1. The molecule has 21 heavy (non-hydrogen) atoms. The molecule has 3 rings (SSSR count). The number of carbonyl (C=O) groups excluding carboxylic acids is 2. The Kier molecular flexibility index (Phi) is 3.09. The van der Waals surface area contributed by atoms with Crippen molar-refractivity contribution >= 4 is 17.4 Å². The van der Waals surface area contributed by atoms with Crippen LogP contribution in [0.3, 0.4) is 0 Å². The summed E-state index contributed by atoms with van der Waals surface area (Å²) in [6.45, 7) is 6.18. The summed E-state index contributed by atoms with van der Waals surface area (Å²) in [5.41, 5.74) is 5.14. The van der Waals surface area contributed by atoms with Crippen molar-refractivity contribution in [3.8, 4) is 0 Å². The number of rotatable bonds is 2. The Balaban J connectivity index is 2.05. The molecule has 2 aromatic rings. The van der Waals surface area contributed by atoms with E-state index in [1.165, 1.54) is 0 Å². The zero-order valence-electron chi connectivity index (χ0n) is 12.3. The van der Waals surface area contributed by atoms with Crippen LogP contribution in [0.1, 0.15) is 32.6 Å². The molecule has 0 saturated carbocycles. The highest BCUT2D eigenvalue weighted by Gasteiger charge is 2.37. The van der Waals surface area contributed by atoms with Gasteiger partial charge in [-0.15, -0.1) is 0 Å². The summed E-state index contributed by atoms with van der Waals surface area (Å²) < 4.78 is 0. The number of pyridine rings is 1. The number of benzene rings is 1. The van der Waals surface area contributed by atoms with Gasteiger partial charge in [0.1, 0.15) is 0 Å². The van der Waals surface area contributed by atoms with Gasteiger partial charge < -0.3 is 4.90 Å². The molecule has 0 aliphatic carbocycles. The molecule has 1 amide bonds. The molecule has 106 valence electrons. The minimum absolute atomic E-state index is 0.371. The summed E-state index contributed by atoms with van der Waals surface area (Å²) >= 11 is 0. The molecule has 1 aliphatic heterocycles. The van der Waals surface area contributed by atoms with E-state index in [0.717, 1.165) is 27.9 Å². The Morgan fingerprint density at radius 3 is 2.48 bits per heavy atom. The largest absolute Gasteiger partial charge is 0.300 e. The van der Waals surface area contributed by atoms with E-state index in [2.05, 4.69) is 4.98 Å². The highest BCUT2D eigenvalue weighted by molar-refractivity contribution is 6.52. The fraction of sp³-hybridized carbons (Fsp3) is 0.235. The van der Waals surface area contributed by atoms with Gasteiger partial charge in [0.25, 0.3) is 11.7 Å². The van der Waals surface area contributed by atoms with E-state index in [9.17, 15) is 9.59 Å². The third-order valence-electron chi connectivity index (χ3n) is 3.67. The Labute approximate surface area is 123 Å². The number of aryl methyl sites for hydroxylation is 3. The maximum Gasteiger partial charge on any atom is 0.299 e. The molecule has 0 bridgehead atoms. The maximum atomic E-state index is 12.3. The predicted molar refractivity (Wildman–Crippen MR) is 80.4 cm³/mol. The predicted octanol–water partition coefficient (Wildman–Crippen LogP) is 2.74. The van der Waals surface area contributed by atoms with E-state index >= 15 is 0 Å². The van der Waals surface area contributed by atoms with Gasteiger partial charge in [-0.3, -0.25) is 14.6 Å². The fourth-order valence-corrected chi connectivity index (χ4v) is 2.87. The minimum atomic E-state index is -0.458. The second kappa shape index (κ2) is 4.81. The topological polar surface area (TPSA) is 50.3 Å². The molecule has 0 saturated heterocycles. The highest BCUT2D eigenvalue weighted by atomic mass is 16.2. The maximum absolute atomic E-state index is 12.3. The first-order valence-electron chi connectivity index (χ1n) is 6.85. The zero-order chi connectivity index (χ0) is 15.1. The quantitative estimate of drug-likeness (QED) is 0.795. The molecule has 4 nitrogen and oxygen atoms in total. The lowest BCUT2D eigenvalue weighted by atomic mass is 10.0. The monoisotopic (exact) mass is 280 g/mol. The average Bonchev–Trinajstić information content (AvgIpc) is 2.64. The number of hydrogen-bond donors (Lipinski definition) is 0. The number of carbonyl (C=O) groups is 2. The lowest BCUT2D eigenvalue weighted by molar-refractivity contribution is -0.114. The molecule has 0 fully saturated rings. The third-order valence-corrected chi connectivity index (χ3v) is 3.67. The molecule has 1 aliphatic rings. The summed E-state index contributed by atoms with van der Waals surface area (Å²) in [7, 11) is 0. The van der Waals surface area contributed by atoms with Crippen molar-refractivity contribution in [3.63, 3.8) is 0 Å². The molecule has 0 N–H and O–H groups in total. The van der Waals surface area contributed by atoms with Gasteiger partial charge in [0.15, 0.2) is 0 Å². The minimum Gasteiger partial charge on any atom is -0.300 e. The summed E-state index contributed by atoms with van der Waals surface area (Å²) in [4.78, 5) is 30.1. The first-order chi connectivity index (χ1) is 9.97. The van der Waals surface area contributed by atoms with Crippen molar-refractivity contribution in [2.24, 2.45) is 0 Å². The number of amides is 1. The second-order valence-corrected chi connectivity index (χ2v) is 5.57. The molecule has 0 unspecified atom stereocenters. The summed E-state index contributed by atoms with van der Waals surface area (Å²) in [6, 6.07) is 5.76. The fourth-order valence-electron chi connectivity index (χ4n) is 2.87. The zero-order valence-corrected chi connectivity index (χ0v) is 12.3. The highest BCUT2D eigenvalue weighted by Crippen LogP contribution is 2.34. The molecule has 2 heterocycles. The van der Waals surface area contributed by atoms with E-state index in [4.69, 9.17) is 0 Å². The van der Waals surface area contributed by atoms with Crippen LogP contribution in [0.2, 0.25) is 0 Å². The van der Waals surface area contributed by atoms with E-state index in [-0.39, 0.29) is 0 Å². The standard InChI is InChI=1S/C17H16N2O2/c1-10-4-12(3)15-14(6-10)16(20)17(21)19(15)9-13-5-11(2)7-18-8-13/h4-8H,9H2,1-3H3. The Morgan fingerprint density at radius 2 is 1.76 bits per heavy atom. The number of ketones is 1. The Morgan fingerprint density at radius 1 is 1.00 bits per heavy atom. The van der Waals surface area contributed by atoms with Crippen LogP contribution >= 0.6 is 0 Å². The van der Waals surface area contributed by atoms with Crippen LogP contribution in [0.25, 0.3) is 0 Å². The normalized spacial score (nSPS) is 13.8. The molecule has 4 heteroatoms. The van der Waals surface area contributed by atoms with Gasteiger partial charge >= 0.3 is 0 Å². The summed E-state index contributed by atoms with van der Waals surface area (Å²) in [5.74, 6) is -0.877. The lowest BCUT2D eigenvalue weighted by Gasteiger charge is -2.19. The number of aromatic nitrogens is 1. The van der Waals surface area contributed by atoms with Crippen LogP contribution in [0.4, 0.5) is 5.69 Å². The van der Waals surface area contributed by atoms with Crippen LogP contribution in [0, 0.1) is 20.8 Å². The van der Waals surface area contributed by atoms with E-state index in [1.54, 1.807) is 23.4 Å². The van der Waals surface area contributed by atoms with Crippen LogP contribution < -0.4 is 4.90 Å². The Hall–Kier alpha value is -2.49. The molecule has 0 atom stereocenters. The van der Waals surface area contributed by atoms with Crippen molar-refractivity contribution in [3.05, 3.63) is 58.4 Å². The molecule has 0 spiro atoms. The van der Waals surface area contributed by atoms with Gasteiger partial charge in [0, 0.05) is 12.4 Å². The summed E-state index contributed by atoms with van der Waals surface area (Å²) in [5, 5.41) is 0. The van der Waals surface area contributed by atoms with Gasteiger partial charge in [-0.25, -0.2) is 0 Å². The third kappa shape index (κ3) is 2.23. The van der Waals surface area contributed by atoms with Crippen LogP contribution in [0.15, 0.2) is 30.6 Å². The number of anilines is 1. The van der Waals surface area contributed by atoms with E-state index in [1.807, 2.05) is 32.9 Å². The molecular formula is C17H16N2O2. The van der Waals surface area contributed by atoms with Gasteiger partial charge in [-0.05, 0) is 49.1 Å². The van der Waals surface area contributed by atoms with Gasteiger partial charge in [-0.2, -0.15) is 0 Å². The number of fused-ring (bicyclic) bond motifs is 1. The molecular weight excluding hydrogens is 264 g/mol. The first kappa shape index (κ1) is 13.5. The van der Waals surface area contributed by atoms with Crippen LogP contribution in [-0.2, 0) is 11.3 Å². The van der Waals surface area contributed by atoms with E-state index < -0.39 is 11.7 Å². The van der Waals surface area contributed by atoms with Crippen LogP contribution in [-0.4, -0.2) is 16.7 Å². The first-order valence-corrected chi connectivity index (χ1v) is 6.85. The average molecular weight is 280 g/mol. The van der Waals surface area contributed by atoms with Crippen molar-refractivity contribution < 1.29 is 9.59 Å². The lowest BCUT2D eigenvalue weighted by Crippen LogP contribution is -2.29. The van der Waals surface area contributed by atoms with Gasteiger partial charge in [0.2, 0.25) is 0 Å². The van der Waals surface area contributed by atoms with Gasteiger partial charge in [0.05, 0.1) is 17.8 Å². The molecule has 1 aromatic heterocycles. The van der Waals surface area contributed by atoms with Crippen molar-refractivity contribution in [1.82, 2.24) is 4.98 Å². The Bertz CT molecular complexity index is 765.